The molecule has 1 aromatic carbocycles. The number of piperidine rings is 1. The van der Waals surface area contributed by atoms with E-state index < -0.39 is 5.97 Å². The van der Waals surface area contributed by atoms with Gasteiger partial charge in [-0.25, -0.2) is 0 Å². The van der Waals surface area contributed by atoms with E-state index in [0.29, 0.717) is 31.0 Å². The Hall–Kier alpha value is -2.30. The molecule has 0 aliphatic carbocycles. The average Bonchev–Trinajstić information content (AvgIpc) is 2.54. The summed E-state index contributed by atoms with van der Waals surface area (Å²) in [5, 5.41) is 8.86. The molecule has 5 heteroatoms. The first kappa shape index (κ1) is 18.0. The average molecular weight is 331 g/mol. The normalized spacial score (nSPS) is 15.0. The van der Waals surface area contributed by atoms with Crippen molar-refractivity contribution in [2.45, 2.75) is 33.1 Å². The van der Waals surface area contributed by atoms with Crippen molar-refractivity contribution in [3.05, 3.63) is 41.5 Å². The second-order valence-electron chi connectivity index (χ2n) is 6.45. The monoisotopic (exact) mass is 331 g/mol. The van der Waals surface area contributed by atoms with E-state index in [1.807, 2.05) is 32.1 Å². The van der Waals surface area contributed by atoms with Crippen LogP contribution in [-0.4, -0.2) is 41.6 Å². The molecule has 1 aliphatic rings. The summed E-state index contributed by atoms with van der Waals surface area (Å²) in [4.78, 5) is 25.2. The maximum atomic E-state index is 12.6. The number of hydrogen-bond donors (Lipinski definition) is 1. The highest BCUT2D eigenvalue weighted by molar-refractivity contribution is 5.94. The lowest BCUT2D eigenvalue weighted by Gasteiger charge is -2.31. The van der Waals surface area contributed by atoms with E-state index >= 15 is 0 Å². The van der Waals surface area contributed by atoms with Crippen molar-refractivity contribution in [3.63, 3.8) is 0 Å². The maximum Gasteiger partial charge on any atom is 0.303 e. The van der Waals surface area contributed by atoms with Crippen LogP contribution >= 0.6 is 0 Å². The van der Waals surface area contributed by atoms with Crippen LogP contribution < -0.4 is 4.74 Å². The summed E-state index contributed by atoms with van der Waals surface area (Å²) in [6.07, 6.45) is 3.67. The minimum atomic E-state index is -0.763. The van der Waals surface area contributed by atoms with Gasteiger partial charge in [-0.3, -0.25) is 9.59 Å². The Kier molecular flexibility index (Phi) is 6.41. The fourth-order valence-corrected chi connectivity index (χ4v) is 2.79. The summed E-state index contributed by atoms with van der Waals surface area (Å²) in [5.41, 5.74) is 1.80. The standard InChI is InChI=1S/C19H25NO4/c1-14(2)8-11-24-17-5-3-4-16(13-17)19(23)20-9-6-15(7-10-20)12-18(21)22/h3-5,8,13,15H,6-7,9-12H2,1-2H3,(H,21,22). The molecule has 2 rings (SSSR count). The molecule has 0 spiro atoms. The number of benzene rings is 1. The zero-order chi connectivity index (χ0) is 17.5. The third kappa shape index (κ3) is 5.41. The first-order valence-electron chi connectivity index (χ1n) is 8.33. The number of nitrogens with zero attached hydrogens (tertiary/aromatic N) is 1. The molecule has 0 saturated carbocycles. The summed E-state index contributed by atoms with van der Waals surface area (Å²) >= 11 is 0. The molecule has 0 radical (unpaired) electrons. The van der Waals surface area contributed by atoms with E-state index in [-0.39, 0.29) is 18.2 Å². The molecular weight excluding hydrogens is 306 g/mol. The Morgan fingerprint density at radius 3 is 2.62 bits per heavy atom. The Labute approximate surface area is 142 Å². The fourth-order valence-electron chi connectivity index (χ4n) is 2.79. The van der Waals surface area contributed by atoms with Crippen LogP contribution in [0.15, 0.2) is 35.9 Å². The number of ether oxygens (including phenoxy) is 1. The summed E-state index contributed by atoms with van der Waals surface area (Å²) in [6, 6.07) is 7.22. The number of carbonyl (C=O) groups is 2. The van der Waals surface area contributed by atoms with Crippen molar-refractivity contribution in [2.75, 3.05) is 19.7 Å². The van der Waals surface area contributed by atoms with Crippen molar-refractivity contribution in [1.82, 2.24) is 4.90 Å². The van der Waals surface area contributed by atoms with Gasteiger partial charge in [0.1, 0.15) is 12.4 Å². The van der Waals surface area contributed by atoms with Crippen LogP contribution in [0.1, 0.15) is 43.5 Å². The molecule has 5 nitrogen and oxygen atoms in total. The summed E-state index contributed by atoms with van der Waals surface area (Å²) in [6.45, 7) is 5.73. The molecule has 0 aromatic heterocycles. The number of allylic oxidation sites excluding steroid dienone is 1. The number of hydrogen-bond acceptors (Lipinski definition) is 3. The van der Waals surface area contributed by atoms with Crippen LogP contribution in [0.25, 0.3) is 0 Å². The largest absolute Gasteiger partial charge is 0.490 e. The number of amides is 1. The van der Waals surface area contributed by atoms with Crippen LogP contribution in [0.5, 0.6) is 5.75 Å². The first-order chi connectivity index (χ1) is 11.5. The van der Waals surface area contributed by atoms with Gasteiger partial charge in [0.15, 0.2) is 0 Å². The number of carboxylic acid groups (broad SMARTS) is 1. The van der Waals surface area contributed by atoms with Crippen LogP contribution in [0.4, 0.5) is 0 Å². The number of carbonyl (C=O) groups excluding carboxylic acids is 1. The number of rotatable bonds is 6. The predicted molar refractivity (Wildman–Crippen MR) is 92.2 cm³/mol. The van der Waals surface area contributed by atoms with Gasteiger partial charge in [-0.2, -0.15) is 0 Å². The predicted octanol–water partition coefficient (Wildman–Crippen LogP) is 3.36. The van der Waals surface area contributed by atoms with Crippen molar-refractivity contribution < 1.29 is 19.4 Å². The molecule has 1 aromatic rings. The lowest BCUT2D eigenvalue weighted by molar-refractivity contribution is -0.138. The smallest absolute Gasteiger partial charge is 0.303 e. The molecule has 0 bridgehead atoms. The highest BCUT2D eigenvalue weighted by Gasteiger charge is 2.25. The molecule has 1 fully saturated rings. The highest BCUT2D eigenvalue weighted by atomic mass is 16.5. The molecule has 1 saturated heterocycles. The van der Waals surface area contributed by atoms with E-state index in [1.54, 1.807) is 17.0 Å². The molecule has 1 amide bonds. The molecule has 0 atom stereocenters. The van der Waals surface area contributed by atoms with Gasteiger partial charge in [-0.15, -0.1) is 0 Å². The third-order valence-electron chi connectivity index (χ3n) is 4.19. The van der Waals surface area contributed by atoms with Crippen LogP contribution in [0.3, 0.4) is 0 Å². The van der Waals surface area contributed by atoms with E-state index in [9.17, 15) is 9.59 Å². The van der Waals surface area contributed by atoms with Crippen LogP contribution in [-0.2, 0) is 4.79 Å². The first-order valence-corrected chi connectivity index (χ1v) is 8.33. The Morgan fingerprint density at radius 2 is 2.00 bits per heavy atom. The van der Waals surface area contributed by atoms with Crippen molar-refractivity contribution in [3.8, 4) is 5.75 Å². The van der Waals surface area contributed by atoms with Gasteiger partial charge < -0.3 is 14.7 Å². The number of aliphatic carboxylic acids is 1. The number of likely N-dealkylation sites (tertiary alicyclic amines) is 1. The maximum absolute atomic E-state index is 12.6. The van der Waals surface area contributed by atoms with Gasteiger partial charge in [-0.1, -0.05) is 11.6 Å². The quantitative estimate of drug-likeness (QED) is 0.812. The van der Waals surface area contributed by atoms with Gasteiger partial charge in [0.25, 0.3) is 5.91 Å². The molecule has 1 aliphatic heterocycles. The minimum absolute atomic E-state index is 0.0172. The second kappa shape index (κ2) is 8.52. The van der Waals surface area contributed by atoms with Crippen LogP contribution in [0.2, 0.25) is 0 Å². The summed E-state index contributed by atoms with van der Waals surface area (Å²) in [7, 11) is 0. The van der Waals surface area contributed by atoms with E-state index in [0.717, 1.165) is 12.8 Å². The Bertz CT molecular complexity index is 612. The van der Waals surface area contributed by atoms with Crippen molar-refractivity contribution in [1.29, 1.82) is 0 Å². The van der Waals surface area contributed by atoms with Gasteiger partial charge in [-0.05, 0) is 56.9 Å². The Balaban J connectivity index is 1.93. The lowest BCUT2D eigenvalue weighted by Crippen LogP contribution is -2.38. The lowest BCUT2D eigenvalue weighted by atomic mass is 9.93. The fraction of sp³-hybridized carbons (Fsp3) is 0.474. The minimum Gasteiger partial charge on any atom is -0.490 e. The topological polar surface area (TPSA) is 66.8 Å². The third-order valence-corrected chi connectivity index (χ3v) is 4.19. The summed E-state index contributed by atoms with van der Waals surface area (Å²) < 4.78 is 5.64. The van der Waals surface area contributed by atoms with E-state index in [2.05, 4.69) is 0 Å². The Morgan fingerprint density at radius 1 is 1.29 bits per heavy atom. The van der Waals surface area contributed by atoms with Gasteiger partial charge >= 0.3 is 5.97 Å². The summed E-state index contributed by atoms with van der Waals surface area (Å²) in [5.74, 6) is 0.0711. The van der Waals surface area contributed by atoms with Gasteiger partial charge in [0.2, 0.25) is 0 Å². The molecule has 24 heavy (non-hydrogen) atoms. The van der Waals surface area contributed by atoms with Gasteiger partial charge in [0, 0.05) is 25.1 Å². The second-order valence-corrected chi connectivity index (χ2v) is 6.45. The molecule has 130 valence electrons. The number of carboxylic acids is 1. The van der Waals surface area contributed by atoms with E-state index in [4.69, 9.17) is 9.84 Å². The highest BCUT2D eigenvalue weighted by Crippen LogP contribution is 2.23. The molecular formula is C19H25NO4. The van der Waals surface area contributed by atoms with Crippen molar-refractivity contribution in [2.24, 2.45) is 5.92 Å². The molecule has 1 heterocycles. The van der Waals surface area contributed by atoms with E-state index in [1.165, 1.54) is 5.57 Å². The van der Waals surface area contributed by atoms with Gasteiger partial charge in [0.05, 0.1) is 0 Å². The molecule has 0 unspecified atom stereocenters. The SMILES string of the molecule is CC(C)=CCOc1cccc(C(=O)N2CCC(CC(=O)O)CC2)c1. The molecule has 1 N–H and O–H groups in total. The van der Waals surface area contributed by atoms with Crippen molar-refractivity contribution >= 4 is 11.9 Å². The zero-order valence-corrected chi connectivity index (χ0v) is 14.3. The zero-order valence-electron chi connectivity index (χ0n) is 14.3. The van der Waals surface area contributed by atoms with Crippen LogP contribution in [0, 0.1) is 5.92 Å².